The summed E-state index contributed by atoms with van der Waals surface area (Å²) in [4.78, 5) is 0. The van der Waals surface area contributed by atoms with E-state index in [-0.39, 0.29) is 11.7 Å². The van der Waals surface area contributed by atoms with E-state index >= 15 is 0 Å². The Hall–Kier alpha value is -1.11. The highest BCUT2D eigenvalue weighted by Crippen LogP contribution is 2.19. The Morgan fingerprint density at radius 2 is 2.08 bits per heavy atom. The van der Waals surface area contributed by atoms with Gasteiger partial charge in [0.25, 0.3) is 0 Å². The molecule has 0 spiro atoms. The summed E-state index contributed by atoms with van der Waals surface area (Å²) in [5.74, 6) is 0.0579. The Balaban J connectivity index is 3.11. The lowest BCUT2D eigenvalue weighted by atomic mass is 10.0. The summed E-state index contributed by atoms with van der Waals surface area (Å²) >= 11 is 0. The zero-order valence-electron chi connectivity index (χ0n) is 7.39. The number of hydrogen-bond donors (Lipinski definition) is 0. The van der Waals surface area contributed by atoms with Crippen molar-refractivity contribution < 1.29 is 4.39 Å². The van der Waals surface area contributed by atoms with Gasteiger partial charge in [-0.2, -0.15) is 0 Å². The molecule has 63 valence electrons. The van der Waals surface area contributed by atoms with Crippen LogP contribution in [0.15, 0.2) is 24.8 Å². The lowest BCUT2D eigenvalue weighted by Gasteiger charge is -2.06. The van der Waals surface area contributed by atoms with Gasteiger partial charge < -0.3 is 0 Å². The summed E-state index contributed by atoms with van der Waals surface area (Å²) in [7, 11) is 0. The maximum Gasteiger partial charge on any atom is 0.127 e. The fourth-order valence-electron chi connectivity index (χ4n) is 1.11. The number of halogens is 1. The largest absolute Gasteiger partial charge is 0.207 e. The van der Waals surface area contributed by atoms with Crippen LogP contribution in [0.25, 0.3) is 0 Å². The minimum atomic E-state index is -0.168. The molecule has 1 radical (unpaired) electrons. The fourth-order valence-corrected chi connectivity index (χ4v) is 1.11. The minimum Gasteiger partial charge on any atom is -0.207 e. The normalized spacial score (nSPS) is 10.3. The molecule has 0 bridgehead atoms. The molecule has 0 unspecified atom stereocenters. The quantitative estimate of drug-likeness (QED) is 0.627. The maximum absolute atomic E-state index is 13.2. The molecule has 0 saturated heterocycles. The van der Waals surface area contributed by atoms with Gasteiger partial charge in [0, 0.05) is 0 Å². The Morgan fingerprint density at radius 3 is 2.50 bits per heavy atom. The van der Waals surface area contributed by atoms with Crippen LogP contribution < -0.4 is 0 Å². The van der Waals surface area contributed by atoms with Gasteiger partial charge in [-0.05, 0) is 29.2 Å². The summed E-state index contributed by atoms with van der Waals surface area (Å²) in [6, 6.07) is 5.07. The van der Waals surface area contributed by atoms with Crippen molar-refractivity contribution in [3.63, 3.8) is 0 Å². The molecule has 0 nitrogen and oxygen atoms in total. The average Bonchev–Trinajstić information content (AvgIpc) is 2.03. The first kappa shape index (κ1) is 8.98. The molecular weight excluding hydrogens is 151 g/mol. The average molecular weight is 163 g/mol. The van der Waals surface area contributed by atoms with Gasteiger partial charge in [0.05, 0.1) is 0 Å². The van der Waals surface area contributed by atoms with E-state index < -0.39 is 0 Å². The van der Waals surface area contributed by atoms with Crippen LogP contribution in [0.2, 0.25) is 0 Å². The van der Waals surface area contributed by atoms with Gasteiger partial charge in [-0.15, -0.1) is 0 Å². The third-order valence-electron chi connectivity index (χ3n) is 1.83. The highest BCUT2D eigenvalue weighted by atomic mass is 19.1. The molecule has 0 aliphatic heterocycles. The van der Waals surface area contributed by atoms with Crippen molar-refractivity contribution in [2.24, 2.45) is 0 Å². The molecule has 1 rings (SSSR count). The van der Waals surface area contributed by atoms with E-state index in [9.17, 15) is 4.39 Å². The van der Waals surface area contributed by atoms with Gasteiger partial charge >= 0.3 is 0 Å². The standard InChI is InChI=1S/C11H12F/c1-4-9-5-6-10(8(2)3)11(12)7-9/h5-8H,1H2,2-3H3. The molecule has 0 aliphatic rings. The lowest BCUT2D eigenvalue weighted by molar-refractivity contribution is 0.597. The SMILES string of the molecule is C=[C]c1ccc(C(C)C)c(F)c1. The molecule has 0 amide bonds. The highest BCUT2D eigenvalue weighted by Gasteiger charge is 2.05. The van der Waals surface area contributed by atoms with Gasteiger partial charge in [0.1, 0.15) is 5.82 Å². The van der Waals surface area contributed by atoms with Crippen LogP contribution in [-0.4, -0.2) is 0 Å². The zero-order chi connectivity index (χ0) is 9.14. The van der Waals surface area contributed by atoms with Crippen LogP contribution in [-0.2, 0) is 0 Å². The van der Waals surface area contributed by atoms with Crippen molar-refractivity contribution in [1.29, 1.82) is 0 Å². The second-order valence-electron chi connectivity index (χ2n) is 3.07. The Kier molecular flexibility index (Phi) is 2.64. The van der Waals surface area contributed by atoms with Crippen molar-refractivity contribution in [2.45, 2.75) is 19.8 Å². The summed E-state index contributed by atoms with van der Waals surface area (Å²) < 4.78 is 13.2. The lowest BCUT2D eigenvalue weighted by Crippen LogP contribution is -1.92. The third-order valence-corrected chi connectivity index (χ3v) is 1.83. The van der Waals surface area contributed by atoms with Crippen LogP contribution in [0, 0.1) is 11.9 Å². The predicted molar refractivity (Wildman–Crippen MR) is 48.5 cm³/mol. The zero-order valence-corrected chi connectivity index (χ0v) is 7.39. The first-order chi connectivity index (χ1) is 5.65. The molecule has 0 fully saturated rings. The molecule has 0 heterocycles. The van der Waals surface area contributed by atoms with E-state index in [0.29, 0.717) is 5.56 Å². The molecule has 0 saturated carbocycles. The Morgan fingerprint density at radius 1 is 1.42 bits per heavy atom. The second kappa shape index (κ2) is 3.53. The summed E-state index contributed by atoms with van der Waals surface area (Å²) in [5.41, 5.74) is 1.45. The van der Waals surface area contributed by atoms with Crippen LogP contribution in [0.1, 0.15) is 30.9 Å². The van der Waals surface area contributed by atoms with Crippen molar-refractivity contribution in [3.05, 3.63) is 47.8 Å². The van der Waals surface area contributed by atoms with Crippen LogP contribution in [0.4, 0.5) is 4.39 Å². The van der Waals surface area contributed by atoms with Gasteiger partial charge in [-0.3, -0.25) is 0 Å². The van der Waals surface area contributed by atoms with Crippen LogP contribution in [0.3, 0.4) is 0 Å². The number of benzene rings is 1. The molecule has 0 aliphatic carbocycles. The van der Waals surface area contributed by atoms with Crippen LogP contribution in [0.5, 0.6) is 0 Å². The van der Waals surface area contributed by atoms with E-state index in [1.807, 2.05) is 19.9 Å². The fraction of sp³-hybridized carbons (Fsp3) is 0.273. The molecular formula is C11H12F. The van der Waals surface area contributed by atoms with Crippen molar-refractivity contribution in [1.82, 2.24) is 0 Å². The van der Waals surface area contributed by atoms with E-state index in [2.05, 4.69) is 12.7 Å². The van der Waals surface area contributed by atoms with Crippen molar-refractivity contribution in [3.8, 4) is 0 Å². The Labute approximate surface area is 72.7 Å². The first-order valence-corrected chi connectivity index (χ1v) is 3.97. The van der Waals surface area contributed by atoms with Crippen molar-refractivity contribution >= 4 is 0 Å². The summed E-state index contributed by atoms with van der Waals surface area (Å²) in [6.45, 7) is 7.39. The van der Waals surface area contributed by atoms with Crippen molar-refractivity contribution in [2.75, 3.05) is 0 Å². The van der Waals surface area contributed by atoms with Gasteiger partial charge in [0.2, 0.25) is 0 Å². The molecule has 0 N–H and O–H groups in total. The van der Waals surface area contributed by atoms with Gasteiger partial charge in [-0.1, -0.05) is 32.6 Å². The molecule has 1 aromatic rings. The predicted octanol–water partition coefficient (Wildman–Crippen LogP) is 3.29. The van der Waals surface area contributed by atoms with E-state index in [1.54, 1.807) is 6.07 Å². The van der Waals surface area contributed by atoms with E-state index in [4.69, 9.17) is 0 Å². The Bertz CT molecular complexity index is 287. The molecule has 1 aromatic carbocycles. The highest BCUT2D eigenvalue weighted by molar-refractivity contribution is 5.29. The monoisotopic (exact) mass is 163 g/mol. The van der Waals surface area contributed by atoms with Gasteiger partial charge in [0.15, 0.2) is 0 Å². The smallest absolute Gasteiger partial charge is 0.127 e. The molecule has 0 aromatic heterocycles. The van der Waals surface area contributed by atoms with Crippen LogP contribution >= 0.6 is 0 Å². The summed E-state index contributed by atoms with van der Waals surface area (Å²) in [6.07, 6.45) is 2.64. The third kappa shape index (κ3) is 1.73. The van der Waals surface area contributed by atoms with E-state index in [0.717, 1.165) is 5.56 Å². The molecule has 1 heteroatoms. The minimum absolute atomic E-state index is 0.168. The summed E-state index contributed by atoms with van der Waals surface area (Å²) in [5, 5.41) is 0. The molecule has 0 atom stereocenters. The number of hydrogen-bond acceptors (Lipinski definition) is 0. The maximum atomic E-state index is 13.2. The number of rotatable bonds is 2. The van der Waals surface area contributed by atoms with E-state index in [1.165, 1.54) is 6.07 Å². The van der Waals surface area contributed by atoms with Gasteiger partial charge in [-0.25, -0.2) is 4.39 Å². The first-order valence-electron chi connectivity index (χ1n) is 3.97. The second-order valence-corrected chi connectivity index (χ2v) is 3.07. The molecule has 12 heavy (non-hydrogen) atoms. The topological polar surface area (TPSA) is 0 Å².